The van der Waals surface area contributed by atoms with Gasteiger partial charge in [0.05, 0.1) is 20.8 Å². The SMILES string of the molecule is COc1ccc(CCCc2cccc(OCCNC(=O)CCCCCN(C)C(=O)c3cccc(NC(=O)[C@@H]4C[C@H](S)CN4C(=O)PNBO)c3)c2)cc1OC. The highest BCUT2D eigenvalue weighted by Crippen LogP contribution is 2.29. The minimum Gasteiger partial charge on any atom is -0.493 e. The summed E-state index contributed by atoms with van der Waals surface area (Å²) in [5, 5.41) is 14.6. The molecule has 4 rings (SSSR count). The highest BCUT2D eigenvalue weighted by Gasteiger charge is 2.38. The van der Waals surface area contributed by atoms with Crippen LogP contribution in [0.15, 0.2) is 66.7 Å². The van der Waals surface area contributed by atoms with E-state index >= 15 is 0 Å². The second-order valence-electron chi connectivity index (χ2n) is 13.3. The third kappa shape index (κ3) is 14.1. The lowest BCUT2D eigenvalue weighted by atomic mass is 10.0. The van der Waals surface area contributed by atoms with E-state index in [9.17, 15) is 19.2 Å². The second kappa shape index (κ2) is 22.9. The Morgan fingerprint density at radius 1 is 0.945 bits per heavy atom. The van der Waals surface area contributed by atoms with Gasteiger partial charge in [0.25, 0.3) is 11.6 Å². The fourth-order valence-electron chi connectivity index (χ4n) is 6.33. The molecule has 1 aliphatic heterocycles. The lowest BCUT2D eigenvalue weighted by molar-refractivity contribution is -0.121. The highest BCUT2D eigenvalue weighted by molar-refractivity contribution is 7.81. The number of unbranched alkanes of at least 4 members (excludes halogenated alkanes) is 2. The number of aryl methyl sites for hydroxylation is 2. The van der Waals surface area contributed by atoms with Crippen LogP contribution in [0.4, 0.5) is 10.5 Å². The van der Waals surface area contributed by atoms with Crippen molar-refractivity contribution in [2.24, 2.45) is 0 Å². The summed E-state index contributed by atoms with van der Waals surface area (Å²) in [7, 11) is 4.32. The van der Waals surface area contributed by atoms with Gasteiger partial charge in [-0.15, -0.1) is 0 Å². The molecule has 1 heterocycles. The van der Waals surface area contributed by atoms with Gasteiger partial charge in [-0.2, -0.15) is 12.6 Å². The Morgan fingerprint density at radius 2 is 1.71 bits per heavy atom. The summed E-state index contributed by atoms with van der Waals surface area (Å²) in [6, 6.07) is 20.1. The molecule has 296 valence electrons. The molecular formula is C39H53BN5O8PS. The van der Waals surface area contributed by atoms with Crippen molar-refractivity contribution in [3.05, 3.63) is 83.4 Å². The van der Waals surface area contributed by atoms with E-state index in [1.165, 1.54) is 16.0 Å². The molecule has 1 fully saturated rings. The average molecular weight is 794 g/mol. The minimum absolute atomic E-state index is 0.0342. The number of nitrogens with one attached hydrogen (secondary N) is 3. The lowest BCUT2D eigenvalue weighted by Gasteiger charge is -2.24. The van der Waals surface area contributed by atoms with Gasteiger partial charge in [-0.05, 0) is 92.1 Å². The number of carbonyl (C=O) groups excluding carboxylic acids is 4. The molecule has 55 heavy (non-hydrogen) atoms. The molecule has 0 spiro atoms. The van der Waals surface area contributed by atoms with Gasteiger partial charge in [0.2, 0.25) is 11.8 Å². The molecule has 3 atom stereocenters. The molecule has 0 saturated carbocycles. The van der Waals surface area contributed by atoms with E-state index in [0.717, 1.165) is 49.4 Å². The van der Waals surface area contributed by atoms with Crippen molar-refractivity contribution in [1.82, 2.24) is 20.1 Å². The van der Waals surface area contributed by atoms with E-state index in [1.54, 1.807) is 50.4 Å². The molecule has 0 radical (unpaired) electrons. The Bertz CT molecular complexity index is 1740. The largest absolute Gasteiger partial charge is 0.493 e. The van der Waals surface area contributed by atoms with Crippen molar-refractivity contribution in [3.63, 3.8) is 0 Å². The topological polar surface area (TPSA) is 159 Å². The maximum Gasteiger partial charge on any atom is 0.361 e. The van der Waals surface area contributed by atoms with Crippen molar-refractivity contribution in [3.8, 4) is 17.2 Å². The molecule has 0 bridgehead atoms. The van der Waals surface area contributed by atoms with Crippen LogP contribution in [0.25, 0.3) is 0 Å². The Morgan fingerprint density at radius 3 is 2.47 bits per heavy atom. The Balaban J connectivity index is 1.09. The number of amides is 4. The summed E-state index contributed by atoms with van der Waals surface area (Å²) in [6.07, 6.45) is 5.83. The van der Waals surface area contributed by atoms with Crippen molar-refractivity contribution in [2.45, 2.75) is 62.7 Å². The summed E-state index contributed by atoms with van der Waals surface area (Å²) in [5.74, 6) is 1.66. The second-order valence-corrected chi connectivity index (χ2v) is 15.1. The number of thiol groups is 1. The molecule has 0 aliphatic carbocycles. The number of hydrogen-bond donors (Lipinski definition) is 5. The molecule has 1 aliphatic rings. The Kier molecular flexibility index (Phi) is 18.1. The number of ether oxygens (including phenoxy) is 3. The summed E-state index contributed by atoms with van der Waals surface area (Å²) in [5.41, 5.74) is 3.00. The van der Waals surface area contributed by atoms with E-state index in [1.807, 2.05) is 30.3 Å². The van der Waals surface area contributed by atoms with Gasteiger partial charge >= 0.3 is 7.62 Å². The monoisotopic (exact) mass is 793 g/mol. The molecule has 13 nitrogen and oxygen atoms in total. The zero-order chi connectivity index (χ0) is 39.6. The first kappa shape index (κ1) is 43.4. The highest BCUT2D eigenvalue weighted by atomic mass is 32.1. The molecule has 4 N–H and O–H groups in total. The Labute approximate surface area is 331 Å². The van der Waals surface area contributed by atoms with Crippen LogP contribution in [0.2, 0.25) is 0 Å². The number of rotatable bonds is 22. The zero-order valence-electron chi connectivity index (χ0n) is 31.8. The van der Waals surface area contributed by atoms with Crippen LogP contribution < -0.4 is 29.8 Å². The first-order valence-electron chi connectivity index (χ1n) is 18.6. The third-order valence-corrected chi connectivity index (χ3v) is 10.4. The van der Waals surface area contributed by atoms with Crippen LogP contribution in [0, 0.1) is 0 Å². The van der Waals surface area contributed by atoms with Crippen LogP contribution in [0.1, 0.15) is 60.0 Å². The minimum atomic E-state index is -0.692. The van der Waals surface area contributed by atoms with Gasteiger partial charge in [0, 0.05) is 51.8 Å². The molecule has 1 unspecified atom stereocenters. The maximum absolute atomic E-state index is 13.1. The predicted octanol–water partition coefficient (Wildman–Crippen LogP) is 4.58. The van der Waals surface area contributed by atoms with Crippen LogP contribution in [0.3, 0.4) is 0 Å². The standard InChI is InChI=1S/C39H53BN5O8PS/c1-44(38(48)29-13-9-14-30(24-29)42-37(47)33-25-32(55)26-45(33)39(49)54-43-40-50)20-6-4-5-16-36(46)41-19-21-53-31-15-8-12-27(22-31)10-7-11-28-17-18-34(51-2)35(23-28)52-3/h8-9,12-15,17-18,22-24,32-33,40,43,50,54-55H,4-7,10-11,16,19-21,25-26H2,1-3H3,(H,41,46)(H,42,47)/t32-,33-/m0/s1. The maximum atomic E-state index is 13.1. The molecule has 3 aromatic carbocycles. The van der Waals surface area contributed by atoms with Crippen molar-refractivity contribution in [2.75, 3.05) is 52.8 Å². The number of nitrogens with zero attached hydrogens (tertiary/aromatic N) is 2. The van der Waals surface area contributed by atoms with Crippen LogP contribution in [-0.2, 0) is 22.4 Å². The van der Waals surface area contributed by atoms with Crippen LogP contribution in [0.5, 0.6) is 17.2 Å². The third-order valence-electron chi connectivity index (χ3n) is 9.21. The summed E-state index contributed by atoms with van der Waals surface area (Å²) < 4.78 is 16.6. The normalized spacial score (nSPS) is 15.1. The van der Waals surface area contributed by atoms with E-state index in [2.05, 4.69) is 40.4 Å². The van der Waals surface area contributed by atoms with E-state index in [4.69, 9.17) is 19.2 Å². The van der Waals surface area contributed by atoms with Crippen molar-refractivity contribution < 1.29 is 38.4 Å². The summed E-state index contributed by atoms with van der Waals surface area (Å²) in [4.78, 5) is 56.9. The predicted molar refractivity (Wildman–Crippen MR) is 221 cm³/mol. The van der Waals surface area contributed by atoms with Gasteiger partial charge in [0.15, 0.2) is 11.5 Å². The molecule has 0 aromatic heterocycles. The van der Waals surface area contributed by atoms with E-state index < -0.39 is 6.04 Å². The first-order chi connectivity index (χ1) is 26.6. The number of anilines is 1. The lowest BCUT2D eigenvalue weighted by Crippen LogP contribution is -2.42. The van der Waals surface area contributed by atoms with Gasteiger partial charge in [-0.1, -0.05) is 30.7 Å². The van der Waals surface area contributed by atoms with E-state index in [0.29, 0.717) is 56.8 Å². The summed E-state index contributed by atoms with van der Waals surface area (Å²) >= 11 is 4.47. The molecule has 1 saturated heterocycles. The van der Waals surface area contributed by atoms with Crippen LogP contribution >= 0.6 is 21.4 Å². The van der Waals surface area contributed by atoms with Gasteiger partial charge in [-0.25, -0.2) is 0 Å². The van der Waals surface area contributed by atoms with Gasteiger partial charge in [0.1, 0.15) is 18.4 Å². The van der Waals surface area contributed by atoms with Crippen molar-refractivity contribution in [1.29, 1.82) is 0 Å². The zero-order valence-corrected chi connectivity index (χ0v) is 33.7. The quantitative estimate of drug-likeness (QED) is 0.0425. The molecule has 3 aromatic rings. The fourth-order valence-corrected chi connectivity index (χ4v) is 7.33. The number of likely N-dealkylation sites (tertiary alicyclic amines) is 1. The summed E-state index contributed by atoms with van der Waals surface area (Å²) in [6.45, 7) is 1.64. The van der Waals surface area contributed by atoms with Gasteiger partial charge in [-0.3, -0.25) is 19.2 Å². The van der Waals surface area contributed by atoms with Crippen molar-refractivity contribution >= 4 is 58.0 Å². The van der Waals surface area contributed by atoms with E-state index in [-0.39, 0.29) is 45.0 Å². The fraction of sp³-hybridized carbons (Fsp3) is 0.436. The molecule has 4 amide bonds. The number of hydrogen-bond acceptors (Lipinski definition) is 10. The average Bonchev–Trinajstić information content (AvgIpc) is 3.60. The smallest absolute Gasteiger partial charge is 0.361 e. The number of benzene rings is 3. The molecule has 16 heteroatoms. The number of methoxy groups -OCH3 is 2. The Hall–Kier alpha value is -4.30. The van der Waals surface area contributed by atoms with Crippen LogP contribution in [-0.4, -0.2) is 105 Å². The first-order valence-corrected chi connectivity index (χ1v) is 20.1. The number of carbonyl (C=O) groups is 4. The molecular weight excluding hydrogens is 740 g/mol. The van der Waals surface area contributed by atoms with Gasteiger partial charge < -0.3 is 44.7 Å².